The Labute approximate surface area is 325 Å². The average molecular weight is 756 g/mol. The van der Waals surface area contributed by atoms with E-state index in [9.17, 15) is 4.79 Å². The zero-order valence-electron chi connectivity index (χ0n) is 32.7. The van der Waals surface area contributed by atoms with Gasteiger partial charge in [-0.05, 0) is 75.5 Å². The molecule has 5 rings (SSSR count). The molecule has 1 saturated carbocycles. The number of carbonyl (C=O) groups excluding carboxylic acids is 1. The van der Waals surface area contributed by atoms with Crippen molar-refractivity contribution < 1.29 is 14.3 Å². The van der Waals surface area contributed by atoms with Crippen LogP contribution in [0.15, 0.2) is 65.9 Å². The van der Waals surface area contributed by atoms with Crippen LogP contribution in [0.3, 0.4) is 0 Å². The second-order valence-corrected chi connectivity index (χ2v) is 15.1. The van der Waals surface area contributed by atoms with Crippen LogP contribution in [0.1, 0.15) is 102 Å². The minimum Gasteiger partial charge on any atom is -0.493 e. The van der Waals surface area contributed by atoms with E-state index in [4.69, 9.17) is 26.7 Å². The van der Waals surface area contributed by atoms with Crippen LogP contribution in [0, 0.1) is 11.8 Å². The summed E-state index contributed by atoms with van der Waals surface area (Å²) in [5.41, 5.74) is 20.5. The molecule has 14 nitrogen and oxygen atoms in total. The molecule has 0 saturated heterocycles. The zero-order valence-corrected chi connectivity index (χ0v) is 32.7. The fraction of sp³-hybridized carbons (Fsp3) is 0.561. The van der Waals surface area contributed by atoms with Crippen LogP contribution < -0.4 is 32.0 Å². The molecule has 0 unspecified atom stereocenters. The number of ether oxygens (including phenoxy) is 2. The van der Waals surface area contributed by atoms with E-state index in [-0.39, 0.29) is 24.5 Å². The molecule has 2 heterocycles. The molecular weight excluding hydrogens is 695 g/mol. The van der Waals surface area contributed by atoms with Gasteiger partial charge in [-0.2, -0.15) is 0 Å². The summed E-state index contributed by atoms with van der Waals surface area (Å²) < 4.78 is 16.0. The molecule has 2 atom stereocenters. The average Bonchev–Trinajstić information content (AvgIpc) is 3.84. The smallest absolute Gasteiger partial charge is 0.245 e. The van der Waals surface area contributed by atoms with Gasteiger partial charge in [0.25, 0.3) is 0 Å². The molecule has 0 aliphatic heterocycles. The van der Waals surface area contributed by atoms with E-state index in [1.165, 1.54) is 32.1 Å². The molecule has 0 bridgehead atoms. The third kappa shape index (κ3) is 13.4. The number of nitrogens with zero attached hydrogens (tertiary/aromatic N) is 7. The van der Waals surface area contributed by atoms with Crippen LogP contribution in [0.2, 0.25) is 0 Å². The van der Waals surface area contributed by atoms with Crippen molar-refractivity contribution in [3.8, 4) is 22.6 Å². The lowest BCUT2D eigenvalue weighted by Gasteiger charge is -2.23. The molecule has 2 aromatic carbocycles. The molecule has 1 aliphatic rings. The number of nitrogens with one attached hydrogen (secondary N) is 1. The summed E-state index contributed by atoms with van der Waals surface area (Å²) in [7, 11) is 0. The van der Waals surface area contributed by atoms with Gasteiger partial charge < -0.3 is 32.0 Å². The topological polar surface area (TPSA) is 199 Å². The van der Waals surface area contributed by atoms with Crippen LogP contribution in [-0.2, 0) is 24.4 Å². The van der Waals surface area contributed by atoms with E-state index in [1.54, 1.807) is 10.9 Å². The summed E-state index contributed by atoms with van der Waals surface area (Å²) in [5.74, 6) is 2.63. The first kappa shape index (κ1) is 41.2. The predicted octanol–water partition coefficient (Wildman–Crippen LogP) is 5.57. The first-order chi connectivity index (χ1) is 26.8. The lowest BCUT2D eigenvalue weighted by atomic mass is 9.86. The van der Waals surface area contributed by atoms with Gasteiger partial charge in [-0.3, -0.25) is 14.5 Å². The molecule has 298 valence electrons. The Kier molecular flexibility index (Phi) is 16.3. The molecule has 1 aliphatic carbocycles. The van der Waals surface area contributed by atoms with Crippen LogP contribution in [0.25, 0.3) is 11.1 Å². The predicted molar refractivity (Wildman–Crippen MR) is 215 cm³/mol. The van der Waals surface area contributed by atoms with Crippen molar-refractivity contribution in [2.45, 2.75) is 116 Å². The number of nitrogens with two attached hydrogens (primary N) is 3. The summed E-state index contributed by atoms with van der Waals surface area (Å²) in [6.07, 6.45) is 15.5. The maximum atomic E-state index is 14.1. The quantitative estimate of drug-likeness (QED) is 0.0422. The number of rotatable bonds is 23. The molecule has 55 heavy (non-hydrogen) atoms. The van der Waals surface area contributed by atoms with Crippen molar-refractivity contribution in [2.75, 3.05) is 19.7 Å². The van der Waals surface area contributed by atoms with Crippen LogP contribution in [0.5, 0.6) is 11.5 Å². The van der Waals surface area contributed by atoms with Gasteiger partial charge in [0.2, 0.25) is 5.91 Å². The Hall–Kier alpha value is -4.98. The Morgan fingerprint density at radius 2 is 1.58 bits per heavy atom. The Bertz CT molecular complexity index is 1760. The van der Waals surface area contributed by atoms with Crippen LogP contribution in [0.4, 0.5) is 0 Å². The van der Waals surface area contributed by atoms with Crippen molar-refractivity contribution >= 4 is 11.9 Å². The van der Waals surface area contributed by atoms with E-state index in [0.717, 1.165) is 48.3 Å². The standard InChI is InChI=1S/C41H61N11O3/c1-30(2)21-24-54-38-19-8-6-16-35(38)36-17-7-9-20-39(36)55-29-34-28-52(50-48-34)37(18-10-11-22-42)40(53)46-32(15-12-23-45-41(43)44)26-51-27-33(47-49-51)25-31-13-4-3-5-14-31/h6-9,16-17,19-20,27-28,30-32,37H,3-5,10-15,18,21-26,29,42H2,1-2H3,(H,46,53)(H4,43,44,45)/t32-,37-/m1/s1. The lowest BCUT2D eigenvalue weighted by molar-refractivity contribution is -0.125. The maximum Gasteiger partial charge on any atom is 0.245 e. The van der Waals surface area contributed by atoms with E-state index < -0.39 is 6.04 Å². The highest BCUT2D eigenvalue weighted by Crippen LogP contribution is 2.37. The summed E-state index contributed by atoms with van der Waals surface area (Å²) in [6.45, 7) is 6.67. The molecule has 7 N–H and O–H groups in total. The number of hydrogen-bond donors (Lipinski definition) is 4. The van der Waals surface area contributed by atoms with Crippen molar-refractivity contribution in [1.29, 1.82) is 0 Å². The van der Waals surface area contributed by atoms with Crippen molar-refractivity contribution in [3.05, 3.63) is 72.3 Å². The number of guanidine groups is 1. The molecule has 0 radical (unpaired) electrons. The monoisotopic (exact) mass is 755 g/mol. The van der Waals surface area contributed by atoms with Crippen LogP contribution in [-0.4, -0.2) is 67.6 Å². The third-order valence-electron chi connectivity index (χ3n) is 10.1. The summed E-state index contributed by atoms with van der Waals surface area (Å²) in [6, 6.07) is 15.1. The number of hydrogen-bond acceptors (Lipinski definition) is 9. The van der Waals surface area contributed by atoms with E-state index in [2.05, 4.69) is 44.8 Å². The Morgan fingerprint density at radius 3 is 2.29 bits per heavy atom. The van der Waals surface area contributed by atoms with Gasteiger partial charge in [-0.25, -0.2) is 4.68 Å². The Morgan fingerprint density at radius 1 is 0.873 bits per heavy atom. The zero-order chi connectivity index (χ0) is 38.8. The minimum absolute atomic E-state index is 0.0505. The highest BCUT2D eigenvalue weighted by atomic mass is 16.5. The molecule has 0 spiro atoms. The summed E-state index contributed by atoms with van der Waals surface area (Å²) in [4.78, 5) is 18.2. The molecule has 14 heteroatoms. The summed E-state index contributed by atoms with van der Waals surface area (Å²) >= 11 is 0. The van der Waals surface area contributed by atoms with E-state index in [1.807, 2.05) is 59.4 Å². The number of carbonyl (C=O) groups is 1. The second-order valence-electron chi connectivity index (χ2n) is 15.1. The molecule has 2 aromatic heterocycles. The van der Waals surface area contributed by atoms with Gasteiger partial charge in [0.15, 0.2) is 5.96 Å². The van der Waals surface area contributed by atoms with Crippen molar-refractivity contribution in [1.82, 2.24) is 35.3 Å². The number of benzene rings is 2. The maximum absolute atomic E-state index is 14.1. The van der Waals surface area contributed by atoms with E-state index >= 15 is 0 Å². The SMILES string of the molecule is CC(C)CCOc1ccccc1-c1ccccc1OCc1cn([C@H](CCCCN)C(=O)N[C@H](CCCN=C(N)N)Cn2cc(CC3CCCCC3)nn2)nn1. The molecule has 1 amide bonds. The first-order valence-corrected chi connectivity index (χ1v) is 20.1. The molecule has 1 fully saturated rings. The minimum atomic E-state index is -0.590. The first-order valence-electron chi connectivity index (χ1n) is 20.1. The normalized spacial score (nSPS) is 14.4. The number of aliphatic imine (C=N–C) groups is 1. The fourth-order valence-electron chi connectivity index (χ4n) is 7.07. The Balaban J connectivity index is 1.27. The van der Waals surface area contributed by atoms with Gasteiger partial charge in [0.1, 0.15) is 29.8 Å². The van der Waals surface area contributed by atoms with Crippen molar-refractivity contribution in [3.63, 3.8) is 0 Å². The van der Waals surface area contributed by atoms with Gasteiger partial charge in [0, 0.05) is 29.9 Å². The van der Waals surface area contributed by atoms with Gasteiger partial charge >= 0.3 is 0 Å². The number of amides is 1. The molecule has 4 aromatic rings. The van der Waals surface area contributed by atoms with E-state index in [0.29, 0.717) is 68.8 Å². The largest absolute Gasteiger partial charge is 0.493 e. The highest BCUT2D eigenvalue weighted by molar-refractivity contribution is 5.80. The lowest BCUT2D eigenvalue weighted by Crippen LogP contribution is -2.42. The van der Waals surface area contributed by atoms with Crippen LogP contribution >= 0.6 is 0 Å². The van der Waals surface area contributed by atoms with Gasteiger partial charge in [-0.15, -0.1) is 10.2 Å². The van der Waals surface area contributed by atoms with Crippen molar-refractivity contribution in [2.24, 2.45) is 34.0 Å². The number of para-hydroxylation sites is 2. The fourth-order valence-corrected chi connectivity index (χ4v) is 7.07. The second kappa shape index (κ2) is 21.8. The number of unbranched alkanes of at least 4 members (excludes halogenated alkanes) is 1. The van der Waals surface area contributed by atoms with Gasteiger partial charge in [0.05, 0.1) is 25.0 Å². The summed E-state index contributed by atoms with van der Waals surface area (Å²) in [5, 5.41) is 21.0. The number of aromatic nitrogens is 6. The van der Waals surface area contributed by atoms with Gasteiger partial charge in [-0.1, -0.05) is 92.8 Å². The highest BCUT2D eigenvalue weighted by Gasteiger charge is 2.25. The molecular formula is C41H61N11O3. The third-order valence-corrected chi connectivity index (χ3v) is 10.1.